The number of nitrogens with zero attached hydrogens (tertiary/aromatic N) is 3. The molecule has 0 amide bonds. The van der Waals surface area contributed by atoms with Crippen molar-refractivity contribution in [3.05, 3.63) is 53.5 Å². The van der Waals surface area contributed by atoms with Crippen LogP contribution in [0.4, 0.5) is 0 Å². The van der Waals surface area contributed by atoms with Crippen LogP contribution in [0.5, 0.6) is 0 Å². The number of hydrogen-bond acceptors (Lipinski definition) is 2. The van der Waals surface area contributed by atoms with Gasteiger partial charge in [-0.05, 0) is 34.1 Å². The fourth-order valence-electron chi connectivity index (χ4n) is 1.95. The molecule has 3 aromatic heterocycles. The van der Waals surface area contributed by atoms with Crippen molar-refractivity contribution in [1.82, 2.24) is 14.4 Å². The minimum Gasteiger partial charge on any atom is -0.283 e. The molecule has 84 valence electrons. The minimum atomic E-state index is 0.776. The summed E-state index contributed by atoms with van der Waals surface area (Å²) < 4.78 is 3.06. The zero-order valence-corrected chi connectivity index (χ0v) is 10.7. The predicted molar refractivity (Wildman–Crippen MR) is 72.1 cm³/mol. The summed E-state index contributed by atoms with van der Waals surface area (Å²) in [6.45, 7) is 3.73. The lowest BCUT2D eigenvalue weighted by molar-refractivity contribution is 1.03. The van der Waals surface area contributed by atoms with Crippen LogP contribution in [0, 0.1) is 0 Å². The van der Waals surface area contributed by atoms with Crippen molar-refractivity contribution in [2.24, 2.45) is 0 Å². The Labute approximate surface area is 107 Å². The van der Waals surface area contributed by atoms with Crippen LogP contribution >= 0.6 is 15.9 Å². The van der Waals surface area contributed by atoms with Crippen LogP contribution in [0.25, 0.3) is 16.6 Å². The maximum atomic E-state index is 4.39. The molecule has 0 unspecified atom stereocenters. The molecule has 0 aliphatic carbocycles. The third-order valence-electron chi connectivity index (χ3n) is 2.73. The van der Waals surface area contributed by atoms with Gasteiger partial charge in [-0.1, -0.05) is 6.08 Å². The van der Waals surface area contributed by atoms with Gasteiger partial charge in [-0.25, -0.2) is 9.97 Å². The number of pyridine rings is 1. The topological polar surface area (TPSA) is 30.2 Å². The van der Waals surface area contributed by atoms with Crippen LogP contribution in [0.2, 0.25) is 0 Å². The van der Waals surface area contributed by atoms with Crippen LogP contribution < -0.4 is 0 Å². The van der Waals surface area contributed by atoms with Gasteiger partial charge in [-0.2, -0.15) is 0 Å². The SMILES string of the molecule is C=CCc1cc2c(Br)c3cccnc3n2cn1. The Morgan fingerprint density at radius 2 is 2.29 bits per heavy atom. The van der Waals surface area contributed by atoms with Crippen LogP contribution in [0.1, 0.15) is 5.69 Å². The highest BCUT2D eigenvalue weighted by molar-refractivity contribution is 9.10. The van der Waals surface area contributed by atoms with Gasteiger partial charge in [-0.3, -0.25) is 4.40 Å². The number of fused-ring (bicyclic) bond motifs is 3. The summed E-state index contributed by atoms with van der Waals surface area (Å²) in [6.07, 6.45) is 6.23. The Hall–Kier alpha value is -1.68. The first-order valence-corrected chi connectivity index (χ1v) is 6.10. The average molecular weight is 288 g/mol. The molecular weight excluding hydrogens is 278 g/mol. The second-order valence-electron chi connectivity index (χ2n) is 3.82. The second kappa shape index (κ2) is 3.96. The van der Waals surface area contributed by atoms with E-state index in [9.17, 15) is 0 Å². The third-order valence-corrected chi connectivity index (χ3v) is 3.56. The van der Waals surface area contributed by atoms with Gasteiger partial charge in [0.15, 0.2) is 0 Å². The average Bonchev–Trinajstić information content (AvgIpc) is 2.65. The Morgan fingerprint density at radius 1 is 1.41 bits per heavy atom. The van der Waals surface area contributed by atoms with Crippen LogP contribution in [0.3, 0.4) is 0 Å². The molecule has 0 spiro atoms. The standard InChI is InChI=1S/C13H10BrN3/c1-2-4-9-7-11-12(14)10-5-3-6-15-13(10)17(11)8-16-9/h2-3,5-8H,1,4H2. The number of halogens is 1. The molecule has 3 rings (SSSR count). The maximum absolute atomic E-state index is 4.39. The first-order valence-electron chi connectivity index (χ1n) is 5.31. The normalized spacial score (nSPS) is 11.1. The lowest BCUT2D eigenvalue weighted by atomic mass is 10.2. The van der Waals surface area contributed by atoms with Crippen molar-refractivity contribution in [2.75, 3.05) is 0 Å². The maximum Gasteiger partial charge on any atom is 0.146 e. The van der Waals surface area contributed by atoms with Crippen molar-refractivity contribution < 1.29 is 0 Å². The van der Waals surface area contributed by atoms with Gasteiger partial charge in [0.2, 0.25) is 0 Å². The first kappa shape index (κ1) is 10.5. The largest absolute Gasteiger partial charge is 0.283 e. The van der Waals surface area contributed by atoms with E-state index in [0.29, 0.717) is 0 Å². The smallest absolute Gasteiger partial charge is 0.146 e. The summed E-state index contributed by atoms with van der Waals surface area (Å²) in [4.78, 5) is 8.77. The van der Waals surface area contributed by atoms with E-state index >= 15 is 0 Å². The van der Waals surface area contributed by atoms with Gasteiger partial charge in [0.05, 0.1) is 9.99 Å². The van der Waals surface area contributed by atoms with Crippen LogP contribution in [-0.4, -0.2) is 14.4 Å². The zero-order valence-electron chi connectivity index (χ0n) is 9.10. The van der Waals surface area contributed by atoms with E-state index in [-0.39, 0.29) is 0 Å². The Balaban J connectivity index is 2.40. The van der Waals surface area contributed by atoms with Crippen molar-refractivity contribution >= 4 is 32.5 Å². The molecule has 17 heavy (non-hydrogen) atoms. The van der Waals surface area contributed by atoms with E-state index in [1.807, 2.05) is 28.9 Å². The Morgan fingerprint density at radius 3 is 3.12 bits per heavy atom. The fourth-order valence-corrected chi connectivity index (χ4v) is 2.57. The molecule has 0 bridgehead atoms. The van der Waals surface area contributed by atoms with Gasteiger partial charge >= 0.3 is 0 Å². The highest BCUT2D eigenvalue weighted by atomic mass is 79.9. The van der Waals surface area contributed by atoms with Gasteiger partial charge in [-0.15, -0.1) is 6.58 Å². The summed E-state index contributed by atoms with van der Waals surface area (Å²) in [5, 5.41) is 1.10. The van der Waals surface area contributed by atoms with E-state index in [1.54, 1.807) is 6.20 Å². The summed E-state index contributed by atoms with van der Waals surface area (Å²) in [5.41, 5.74) is 3.02. The van der Waals surface area contributed by atoms with Crippen LogP contribution in [0.15, 0.2) is 47.9 Å². The molecule has 0 fully saturated rings. The number of allylic oxidation sites excluding steroid dienone is 1. The van der Waals surface area contributed by atoms with E-state index in [2.05, 4.69) is 38.5 Å². The molecule has 0 aliphatic heterocycles. The van der Waals surface area contributed by atoms with Crippen molar-refractivity contribution in [1.29, 1.82) is 0 Å². The van der Waals surface area contributed by atoms with E-state index in [4.69, 9.17) is 0 Å². The molecule has 0 N–H and O–H groups in total. The molecule has 3 aromatic rings. The number of hydrogen-bond donors (Lipinski definition) is 0. The third kappa shape index (κ3) is 1.56. The van der Waals surface area contributed by atoms with Crippen molar-refractivity contribution in [2.45, 2.75) is 6.42 Å². The number of rotatable bonds is 2. The van der Waals surface area contributed by atoms with E-state index in [1.165, 1.54) is 0 Å². The van der Waals surface area contributed by atoms with Crippen LogP contribution in [-0.2, 0) is 6.42 Å². The first-order chi connectivity index (χ1) is 8.31. The molecule has 3 heterocycles. The fraction of sp³-hybridized carbons (Fsp3) is 0.0769. The van der Waals surface area contributed by atoms with Gasteiger partial charge in [0.1, 0.15) is 12.0 Å². The highest BCUT2D eigenvalue weighted by Crippen LogP contribution is 2.29. The minimum absolute atomic E-state index is 0.776. The van der Waals surface area contributed by atoms with Gasteiger partial charge in [0, 0.05) is 23.7 Å². The summed E-state index contributed by atoms with van der Waals surface area (Å²) in [6, 6.07) is 6.05. The second-order valence-corrected chi connectivity index (χ2v) is 4.61. The molecular formula is C13H10BrN3. The predicted octanol–water partition coefficient (Wildman–Crippen LogP) is 3.37. The monoisotopic (exact) mass is 287 g/mol. The molecule has 3 nitrogen and oxygen atoms in total. The number of aromatic nitrogens is 3. The summed E-state index contributed by atoms with van der Waals surface area (Å²) >= 11 is 3.62. The quantitative estimate of drug-likeness (QED) is 0.677. The molecule has 0 saturated carbocycles. The van der Waals surface area contributed by atoms with Crippen molar-refractivity contribution in [3.63, 3.8) is 0 Å². The molecule has 0 aliphatic rings. The summed E-state index contributed by atoms with van der Waals surface area (Å²) in [5.74, 6) is 0. The Bertz CT molecular complexity index is 715. The van der Waals surface area contributed by atoms with Gasteiger partial charge in [0.25, 0.3) is 0 Å². The van der Waals surface area contributed by atoms with E-state index < -0.39 is 0 Å². The molecule has 0 saturated heterocycles. The van der Waals surface area contributed by atoms with Gasteiger partial charge < -0.3 is 0 Å². The lowest BCUT2D eigenvalue weighted by Gasteiger charge is -1.99. The lowest BCUT2D eigenvalue weighted by Crippen LogP contribution is -1.93. The highest BCUT2D eigenvalue weighted by Gasteiger charge is 2.10. The zero-order chi connectivity index (χ0) is 11.8. The molecule has 4 heteroatoms. The molecule has 0 atom stereocenters. The van der Waals surface area contributed by atoms with Crippen molar-refractivity contribution in [3.8, 4) is 0 Å². The Kier molecular flexibility index (Phi) is 2.44. The molecule has 0 radical (unpaired) electrons. The van der Waals surface area contributed by atoms with E-state index in [0.717, 1.165) is 33.1 Å². The molecule has 0 aromatic carbocycles. The summed E-state index contributed by atoms with van der Waals surface area (Å²) in [7, 11) is 0.